The molecular weight excluding hydrogens is 326 g/mol. The topological polar surface area (TPSA) is 78.5 Å². The van der Waals surface area contributed by atoms with Gasteiger partial charge >= 0.3 is 6.03 Å². The molecule has 0 bridgehead atoms. The van der Waals surface area contributed by atoms with Gasteiger partial charge in [-0.3, -0.25) is 4.31 Å². The number of nitrogens with one attached hydrogen (secondary N) is 2. The zero-order valence-electron chi connectivity index (χ0n) is 13.6. The molecule has 2 amide bonds. The molecule has 130 valence electrons. The summed E-state index contributed by atoms with van der Waals surface area (Å²) in [5.41, 5.74) is 1.19. The molecule has 1 atom stereocenters. The lowest BCUT2D eigenvalue weighted by Crippen LogP contribution is -2.33. The van der Waals surface area contributed by atoms with Gasteiger partial charge in [-0.05, 0) is 49.8 Å². The van der Waals surface area contributed by atoms with Crippen molar-refractivity contribution in [1.29, 1.82) is 0 Å². The zero-order chi connectivity index (χ0) is 17.0. The van der Waals surface area contributed by atoms with E-state index in [1.165, 1.54) is 4.31 Å². The van der Waals surface area contributed by atoms with Crippen molar-refractivity contribution in [2.45, 2.75) is 25.7 Å². The molecule has 0 unspecified atom stereocenters. The summed E-state index contributed by atoms with van der Waals surface area (Å²) in [6.45, 7) is 1.14. The maximum absolute atomic E-state index is 12.0. The van der Waals surface area contributed by atoms with Gasteiger partial charge in [0.15, 0.2) is 0 Å². The van der Waals surface area contributed by atoms with E-state index in [0.29, 0.717) is 36.8 Å². The van der Waals surface area contributed by atoms with Gasteiger partial charge in [0.05, 0.1) is 11.4 Å². The summed E-state index contributed by atoms with van der Waals surface area (Å²) in [6.07, 6.45) is 8.14. The molecule has 1 heterocycles. The molecule has 1 aliphatic heterocycles. The van der Waals surface area contributed by atoms with E-state index < -0.39 is 10.0 Å². The van der Waals surface area contributed by atoms with Gasteiger partial charge in [-0.25, -0.2) is 13.2 Å². The van der Waals surface area contributed by atoms with Crippen molar-refractivity contribution in [3.05, 3.63) is 36.4 Å². The number of urea groups is 1. The van der Waals surface area contributed by atoms with Crippen LogP contribution in [-0.2, 0) is 10.0 Å². The van der Waals surface area contributed by atoms with Gasteiger partial charge < -0.3 is 10.6 Å². The number of hydrogen-bond acceptors (Lipinski definition) is 3. The molecular formula is C17H23N3O3S. The minimum absolute atomic E-state index is 0.182. The summed E-state index contributed by atoms with van der Waals surface area (Å²) in [4.78, 5) is 12.0. The first-order valence-corrected chi connectivity index (χ1v) is 9.96. The fraction of sp³-hybridized carbons (Fsp3) is 0.471. The van der Waals surface area contributed by atoms with Crippen molar-refractivity contribution in [3.8, 4) is 0 Å². The number of hydrogen-bond donors (Lipinski definition) is 2. The summed E-state index contributed by atoms with van der Waals surface area (Å²) < 4.78 is 25.4. The summed E-state index contributed by atoms with van der Waals surface area (Å²) in [5.74, 6) is 0.669. The van der Waals surface area contributed by atoms with E-state index >= 15 is 0 Å². The minimum Gasteiger partial charge on any atom is -0.338 e. The number of carbonyl (C=O) groups is 1. The quantitative estimate of drug-likeness (QED) is 0.821. The minimum atomic E-state index is -3.21. The monoisotopic (exact) mass is 349 g/mol. The molecule has 1 aromatic carbocycles. The van der Waals surface area contributed by atoms with Crippen LogP contribution in [0.2, 0.25) is 0 Å². The second-order valence-corrected chi connectivity index (χ2v) is 8.29. The van der Waals surface area contributed by atoms with Crippen molar-refractivity contribution in [2.75, 3.05) is 28.5 Å². The number of carbonyl (C=O) groups excluding carboxylic acids is 1. The Morgan fingerprint density at radius 3 is 2.88 bits per heavy atom. The highest BCUT2D eigenvalue weighted by molar-refractivity contribution is 7.93. The molecule has 6 nitrogen and oxygen atoms in total. The Balaban J connectivity index is 1.58. The predicted octanol–water partition coefficient (Wildman–Crippen LogP) is 2.70. The Hall–Kier alpha value is -2.02. The molecule has 1 aliphatic carbocycles. The van der Waals surface area contributed by atoms with Crippen molar-refractivity contribution in [3.63, 3.8) is 0 Å². The van der Waals surface area contributed by atoms with Crippen LogP contribution in [0.25, 0.3) is 0 Å². The van der Waals surface area contributed by atoms with Gasteiger partial charge in [0, 0.05) is 18.8 Å². The standard InChI is InChI=1S/C17H23N3O3S/c21-17(18-13-14-6-2-1-3-7-14)19-15-8-4-9-16(12-15)20-10-5-11-24(20,22)23/h1-2,4,8-9,12,14H,3,5-7,10-11,13H2,(H2,18,19,21)/t14-/m0/s1. The molecule has 0 spiro atoms. The Morgan fingerprint density at radius 1 is 1.29 bits per heavy atom. The zero-order valence-corrected chi connectivity index (χ0v) is 14.4. The van der Waals surface area contributed by atoms with Gasteiger partial charge in [-0.15, -0.1) is 0 Å². The smallest absolute Gasteiger partial charge is 0.319 e. The maximum Gasteiger partial charge on any atom is 0.319 e. The van der Waals surface area contributed by atoms with E-state index in [1.54, 1.807) is 24.3 Å². The van der Waals surface area contributed by atoms with Crippen LogP contribution in [0, 0.1) is 5.92 Å². The highest BCUT2D eigenvalue weighted by atomic mass is 32.2. The van der Waals surface area contributed by atoms with E-state index in [0.717, 1.165) is 19.3 Å². The van der Waals surface area contributed by atoms with E-state index in [-0.39, 0.29) is 11.8 Å². The number of benzene rings is 1. The number of nitrogens with zero attached hydrogens (tertiary/aromatic N) is 1. The molecule has 3 rings (SSSR count). The van der Waals surface area contributed by atoms with Crippen molar-refractivity contribution in [2.24, 2.45) is 5.92 Å². The lowest BCUT2D eigenvalue weighted by atomic mass is 9.94. The Labute approximate surface area is 143 Å². The van der Waals surface area contributed by atoms with Crippen LogP contribution >= 0.6 is 0 Å². The van der Waals surface area contributed by atoms with Crippen LogP contribution < -0.4 is 14.9 Å². The van der Waals surface area contributed by atoms with E-state index in [9.17, 15) is 13.2 Å². The van der Waals surface area contributed by atoms with Crippen LogP contribution in [0.3, 0.4) is 0 Å². The molecule has 0 aromatic heterocycles. The van der Waals surface area contributed by atoms with Crippen LogP contribution in [0.4, 0.5) is 16.2 Å². The molecule has 0 saturated carbocycles. The van der Waals surface area contributed by atoms with E-state index in [1.807, 2.05) is 0 Å². The molecule has 24 heavy (non-hydrogen) atoms. The van der Waals surface area contributed by atoms with E-state index in [2.05, 4.69) is 22.8 Å². The Morgan fingerprint density at radius 2 is 2.17 bits per heavy atom. The Bertz CT molecular complexity index is 730. The van der Waals surface area contributed by atoms with Crippen LogP contribution in [0.1, 0.15) is 25.7 Å². The number of rotatable bonds is 4. The number of sulfonamides is 1. The third kappa shape index (κ3) is 4.08. The number of anilines is 2. The highest BCUT2D eigenvalue weighted by Crippen LogP contribution is 2.26. The summed E-state index contributed by atoms with van der Waals surface area (Å²) in [6, 6.07) is 6.71. The van der Waals surface area contributed by atoms with Crippen molar-refractivity contribution < 1.29 is 13.2 Å². The molecule has 0 radical (unpaired) electrons. The lowest BCUT2D eigenvalue weighted by Gasteiger charge is -2.19. The molecule has 2 N–H and O–H groups in total. The summed E-state index contributed by atoms with van der Waals surface area (Å²) >= 11 is 0. The molecule has 1 saturated heterocycles. The first-order chi connectivity index (χ1) is 11.5. The van der Waals surface area contributed by atoms with Crippen molar-refractivity contribution >= 4 is 27.4 Å². The molecule has 1 aromatic rings. The fourth-order valence-corrected chi connectivity index (χ4v) is 4.68. The second kappa shape index (κ2) is 7.25. The third-order valence-electron chi connectivity index (χ3n) is 4.42. The molecule has 1 fully saturated rings. The average molecular weight is 349 g/mol. The predicted molar refractivity (Wildman–Crippen MR) is 95.7 cm³/mol. The van der Waals surface area contributed by atoms with Crippen molar-refractivity contribution in [1.82, 2.24) is 5.32 Å². The highest BCUT2D eigenvalue weighted by Gasteiger charge is 2.28. The van der Waals surface area contributed by atoms with Crippen LogP contribution in [-0.4, -0.2) is 33.3 Å². The summed E-state index contributed by atoms with van der Waals surface area (Å²) in [7, 11) is -3.21. The van der Waals surface area contributed by atoms with Gasteiger partial charge in [0.25, 0.3) is 0 Å². The molecule has 7 heteroatoms. The summed E-state index contributed by atoms with van der Waals surface area (Å²) in [5, 5.41) is 5.67. The SMILES string of the molecule is O=C(NC[C@H]1CC=CCC1)Nc1cccc(N2CCCS2(=O)=O)c1. The Kier molecular flexibility index (Phi) is 5.08. The average Bonchev–Trinajstić information content (AvgIpc) is 2.93. The lowest BCUT2D eigenvalue weighted by molar-refractivity contribution is 0.249. The van der Waals surface area contributed by atoms with Gasteiger partial charge in [-0.2, -0.15) is 0 Å². The third-order valence-corrected chi connectivity index (χ3v) is 6.29. The van der Waals surface area contributed by atoms with Gasteiger partial charge in [0.2, 0.25) is 10.0 Å². The van der Waals surface area contributed by atoms with Gasteiger partial charge in [-0.1, -0.05) is 18.2 Å². The second-order valence-electron chi connectivity index (χ2n) is 6.28. The first-order valence-electron chi connectivity index (χ1n) is 8.35. The fourth-order valence-electron chi connectivity index (χ4n) is 3.12. The van der Waals surface area contributed by atoms with Gasteiger partial charge in [0.1, 0.15) is 0 Å². The number of amides is 2. The first kappa shape index (κ1) is 16.8. The number of allylic oxidation sites excluding steroid dienone is 2. The van der Waals surface area contributed by atoms with Crippen LogP contribution in [0.5, 0.6) is 0 Å². The van der Waals surface area contributed by atoms with E-state index in [4.69, 9.17) is 0 Å². The van der Waals surface area contributed by atoms with Crippen LogP contribution in [0.15, 0.2) is 36.4 Å². The largest absolute Gasteiger partial charge is 0.338 e. The molecule has 2 aliphatic rings. The maximum atomic E-state index is 12.0. The normalized spacial score (nSPS) is 22.3.